The smallest absolute Gasteiger partial charge is 0.161 e. The minimum Gasteiger partial charge on any atom is -0.490 e. The molecule has 0 bridgehead atoms. The molecule has 1 aromatic rings. The summed E-state index contributed by atoms with van der Waals surface area (Å²) in [5, 5.41) is 3.44. The molecule has 1 saturated carbocycles. The summed E-state index contributed by atoms with van der Waals surface area (Å²) in [7, 11) is 2.04. The van der Waals surface area contributed by atoms with Crippen LogP contribution in [0, 0.1) is 0 Å². The van der Waals surface area contributed by atoms with Crippen LogP contribution >= 0.6 is 0 Å². The molecule has 0 amide bonds. The minimum atomic E-state index is 0.238. The summed E-state index contributed by atoms with van der Waals surface area (Å²) in [4.78, 5) is 0. The van der Waals surface area contributed by atoms with E-state index in [1.807, 2.05) is 31.3 Å². The molecule has 0 heterocycles. The van der Waals surface area contributed by atoms with E-state index in [-0.39, 0.29) is 6.10 Å². The zero-order valence-electron chi connectivity index (χ0n) is 13.4. The van der Waals surface area contributed by atoms with Crippen molar-refractivity contribution in [3.63, 3.8) is 0 Å². The lowest BCUT2D eigenvalue weighted by Gasteiger charge is -2.30. The molecule has 1 aliphatic rings. The molecule has 21 heavy (non-hydrogen) atoms. The van der Waals surface area contributed by atoms with E-state index in [9.17, 15) is 0 Å². The van der Waals surface area contributed by atoms with E-state index in [0.717, 1.165) is 30.9 Å². The zero-order chi connectivity index (χ0) is 14.9. The van der Waals surface area contributed by atoms with Gasteiger partial charge in [0.1, 0.15) is 6.10 Å². The number of ether oxygens (including phenoxy) is 2. The van der Waals surface area contributed by atoms with Crippen molar-refractivity contribution >= 4 is 0 Å². The van der Waals surface area contributed by atoms with E-state index in [1.165, 1.54) is 32.1 Å². The lowest BCUT2D eigenvalue weighted by molar-refractivity contribution is 0.125. The van der Waals surface area contributed by atoms with E-state index in [1.54, 1.807) is 0 Å². The molecule has 3 nitrogen and oxygen atoms in total. The average Bonchev–Trinajstić information content (AvgIpc) is 2.49. The van der Waals surface area contributed by atoms with Crippen molar-refractivity contribution < 1.29 is 9.47 Å². The normalized spacial score (nSPS) is 23.1. The molecule has 0 aliphatic heterocycles. The summed E-state index contributed by atoms with van der Waals surface area (Å²) >= 11 is 0. The maximum absolute atomic E-state index is 6.34. The van der Waals surface area contributed by atoms with E-state index >= 15 is 0 Å². The number of hydrogen-bond donors (Lipinski definition) is 1. The molecule has 1 aromatic carbocycles. The molecule has 1 aliphatic carbocycles. The first-order valence-electron chi connectivity index (χ1n) is 8.41. The van der Waals surface area contributed by atoms with Crippen molar-refractivity contribution in [2.24, 2.45) is 0 Å². The van der Waals surface area contributed by atoms with E-state index in [0.29, 0.717) is 6.04 Å². The van der Waals surface area contributed by atoms with Crippen LogP contribution in [0.5, 0.6) is 11.5 Å². The second-order valence-corrected chi connectivity index (χ2v) is 5.84. The second kappa shape index (κ2) is 8.93. The van der Waals surface area contributed by atoms with Crippen LogP contribution in [0.25, 0.3) is 0 Å². The Labute approximate surface area is 129 Å². The Morgan fingerprint density at radius 1 is 1.05 bits per heavy atom. The highest BCUT2D eigenvalue weighted by Crippen LogP contribution is 2.30. The van der Waals surface area contributed by atoms with Crippen LogP contribution in [0.2, 0.25) is 0 Å². The van der Waals surface area contributed by atoms with Gasteiger partial charge in [-0.3, -0.25) is 0 Å². The number of benzene rings is 1. The van der Waals surface area contributed by atoms with Crippen molar-refractivity contribution in [3.8, 4) is 11.5 Å². The first-order valence-corrected chi connectivity index (χ1v) is 8.41. The fourth-order valence-corrected chi connectivity index (χ4v) is 2.96. The Bertz CT molecular complexity index is 408. The van der Waals surface area contributed by atoms with Gasteiger partial charge in [-0.2, -0.15) is 0 Å². The van der Waals surface area contributed by atoms with Gasteiger partial charge in [-0.05, 0) is 44.9 Å². The number of likely N-dealkylation sites (N-methyl/N-ethyl adjacent to an activating group) is 1. The van der Waals surface area contributed by atoms with E-state index < -0.39 is 0 Å². The highest BCUT2D eigenvalue weighted by Gasteiger charge is 2.24. The Hall–Kier alpha value is -1.22. The maximum atomic E-state index is 6.34. The van der Waals surface area contributed by atoms with Gasteiger partial charge in [0.15, 0.2) is 11.5 Å². The van der Waals surface area contributed by atoms with Crippen molar-refractivity contribution in [2.75, 3.05) is 13.7 Å². The molecule has 1 N–H and O–H groups in total. The van der Waals surface area contributed by atoms with Crippen molar-refractivity contribution in [1.82, 2.24) is 5.32 Å². The van der Waals surface area contributed by atoms with Crippen molar-refractivity contribution in [3.05, 3.63) is 24.3 Å². The third kappa shape index (κ3) is 4.92. The van der Waals surface area contributed by atoms with Crippen LogP contribution in [0.1, 0.15) is 51.9 Å². The Balaban J connectivity index is 2.06. The van der Waals surface area contributed by atoms with Gasteiger partial charge in [-0.25, -0.2) is 0 Å². The molecule has 2 unspecified atom stereocenters. The SMILES string of the molecule is CCCOc1ccccc1OC1CCCCCCC1NC. The van der Waals surface area contributed by atoms with Gasteiger partial charge in [0.25, 0.3) is 0 Å². The molecule has 3 heteroatoms. The monoisotopic (exact) mass is 291 g/mol. The predicted octanol–water partition coefficient (Wildman–Crippen LogP) is 4.17. The van der Waals surface area contributed by atoms with Gasteiger partial charge in [0, 0.05) is 6.04 Å². The topological polar surface area (TPSA) is 30.5 Å². The van der Waals surface area contributed by atoms with Gasteiger partial charge in [0.2, 0.25) is 0 Å². The van der Waals surface area contributed by atoms with Crippen LogP contribution in [0.4, 0.5) is 0 Å². The third-order valence-corrected chi connectivity index (χ3v) is 4.16. The Kier molecular flexibility index (Phi) is 6.87. The standard InChI is InChI=1S/C18H29NO2/c1-3-14-20-17-12-8-9-13-18(17)21-16-11-7-5-4-6-10-15(16)19-2/h8-9,12-13,15-16,19H,3-7,10-11,14H2,1-2H3. The minimum absolute atomic E-state index is 0.238. The quantitative estimate of drug-likeness (QED) is 0.853. The second-order valence-electron chi connectivity index (χ2n) is 5.84. The van der Waals surface area contributed by atoms with Gasteiger partial charge < -0.3 is 14.8 Å². The van der Waals surface area contributed by atoms with Gasteiger partial charge >= 0.3 is 0 Å². The molecule has 2 atom stereocenters. The van der Waals surface area contributed by atoms with Crippen molar-refractivity contribution in [1.29, 1.82) is 0 Å². The molecule has 0 saturated heterocycles. The number of nitrogens with one attached hydrogen (secondary N) is 1. The Morgan fingerprint density at radius 2 is 1.76 bits per heavy atom. The van der Waals surface area contributed by atoms with E-state index in [4.69, 9.17) is 9.47 Å². The first-order chi connectivity index (χ1) is 10.3. The lowest BCUT2D eigenvalue weighted by Crippen LogP contribution is -2.42. The molecule has 0 radical (unpaired) electrons. The van der Waals surface area contributed by atoms with Gasteiger partial charge in [0.05, 0.1) is 6.61 Å². The molecular weight excluding hydrogens is 262 g/mol. The molecule has 0 aromatic heterocycles. The third-order valence-electron chi connectivity index (χ3n) is 4.16. The van der Waals surface area contributed by atoms with Gasteiger partial charge in [-0.15, -0.1) is 0 Å². The molecule has 1 fully saturated rings. The highest BCUT2D eigenvalue weighted by atomic mass is 16.5. The summed E-state index contributed by atoms with van der Waals surface area (Å²) in [6, 6.07) is 8.49. The summed E-state index contributed by atoms with van der Waals surface area (Å²) in [6.45, 7) is 2.86. The first kappa shape index (κ1) is 16.2. The predicted molar refractivity (Wildman–Crippen MR) is 87.2 cm³/mol. The van der Waals surface area contributed by atoms with Crippen LogP contribution in [-0.2, 0) is 0 Å². The summed E-state index contributed by atoms with van der Waals surface area (Å²) in [5.74, 6) is 1.76. The highest BCUT2D eigenvalue weighted by molar-refractivity contribution is 5.39. The summed E-state index contributed by atoms with van der Waals surface area (Å²) < 4.78 is 12.1. The molecule has 2 rings (SSSR count). The van der Waals surface area contributed by atoms with Crippen LogP contribution in [0.15, 0.2) is 24.3 Å². The zero-order valence-corrected chi connectivity index (χ0v) is 13.4. The summed E-state index contributed by atoms with van der Waals surface area (Å²) in [6.07, 6.45) is 8.77. The molecule has 118 valence electrons. The number of hydrogen-bond acceptors (Lipinski definition) is 3. The van der Waals surface area contributed by atoms with Gasteiger partial charge in [-0.1, -0.05) is 38.3 Å². The lowest BCUT2D eigenvalue weighted by atomic mass is 9.94. The Morgan fingerprint density at radius 3 is 2.48 bits per heavy atom. The molecular formula is C18H29NO2. The summed E-state index contributed by atoms with van der Waals surface area (Å²) in [5.41, 5.74) is 0. The average molecular weight is 291 g/mol. The largest absolute Gasteiger partial charge is 0.490 e. The maximum Gasteiger partial charge on any atom is 0.161 e. The number of rotatable bonds is 6. The van der Waals surface area contributed by atoms with E-state index in [2.05, 4.69) is 12.2 Å². The van der Waals surface area contributed by atoms with Crippen LogP contribution < -0.4 is 14.8 Å². The number of para-hydroxylation sites is 2. The molecule has 0 spiro atoms. The fraction of sp³-hybridized carbons (Fsp3) is 0.667. The van der Waals surface area contributed by atoms with Crippen LogP contribution in [0.3, 0.4) is 0 Å². The fourth-order valence-electron chi connectivity index (χ4n) is 2.96. The van der Waals surface area contributed by atoms with Crippen molar-refractivity contribution in [2.45, 2.75) is 64.0 Å². The van der Waals surface area contributed by atoms with Crippen LogP contribution in [-0.4, -0.2) is 25.8 Å².